The lowest BCUT2D eigenvalue weighted by atomic mass is 10.1. The Balaban J connectivity index is 1.91. The highest BCUT2D eigenvalue weighted by molar-refractivity contribution is 8.16. The Kier molecular flexibility index (Phi) is 5.59. The van der Waals surface area contributed by atoms with E-state index in [2.05, 4.69) is 4.99 Å². The average Bonchev–Trinajstić information content (AvgIpc) is 3.01. The molecule has 146 valence electrons. The summed E-state index contributed by atoms with van der Waals surface area (Å²) in [7, 11) is -3.14. The van der Waals surface area contributed by atoms with Gasteiger partial charge in [-0.15, -0.1) is 0 Å². The lowest BCUT2D eigenvalue weighted by Crippen LogP contribution is -2.38. The zero-order valence-corrected chi connectivity index (χ0v) is 16.5. The largest absolute Gasteiger partial charge is 0.480 e. The number of hydrogen-bond acceptors (Lipinski definition) is 6. The molecule has 2 aliphatic heterocycles. The predicted molar refractivity (Wildman–Crippen MR) is 103 cm³/mol. The predicted octanol–water partition coefficient (Wildman–Crippen LogP) is 1.01. The number of amidine groups is 1. The van der Waals surface area contributed by atoms with Gasteiger partial charge >= 0.3 is 5.97 Å². The first-order valence-corrected chi connectivity index (χ1v) is 11.0. The summed E-state index contributed by atoms with van der Waals surface area (Å²) in [5, 5.41) is 8.81. The van der Waals surface area contributed by atoms with Gasteiger partial charge in [-0.25, -0.2) is 13.2 Å². The lowest BCUT2D eigenvalue weighted by molar-refractivity contribution is -0.143. The number of fused-ring (bicyclic) bond motifs is 1. The normalized spacial score (nSPS) is 25.0. The van der Waals surface area contributed by atoms with Crippen LogP contribution < -0.4 is 4.90 Å². The number of sulfone groups is 1. The molecule has 1 aromatic rings. The molecule has 1 aromatic carbocycles. The van der Waals surface area contributed by atoms with E-state index in [4.69, 9.17) is 9.84 Å². The molecule has 2 unspecified atom stereocenters. The summed E-state index contributed by atoms with van der Waals surface area (Å²) in [5.41, 5.74) is 2.87. The molecule has 0 bridgehead atoms. The van der Waals surface area contributed by atoms with Gasteiger partial charge in [-0.1, -0.05) is 23.9 Å². The zero-order valence-electron chi connectivity index (χ0n) is 14.9. The van der Waals surface area contributed by atoms with Crippen molar-refractivity contribution in [3.8, 4) is 0 Å². The van der Waals surface area contributed by atoms with Crippen LogP contribution in [-0.4, -0.2) is 66.6 Å². The minimum atomic E-state index is -3.14. The molecule has 0 saturated carbocycles. The second kappa shape index (κ2) is 7.61. The third-order valence-corrected chi connectivity index (χ3v) is 7.78. The number of rotatable bonds is 5. The molecule has 2 heterocycles. The minimum Gasteiger partial charge on any atom is -0.480 e. The van der Waals surface area contributed by atoms with Crippen LogP contribution in [0, 0.1) is 13.8 Å². The molecule has 8 nitrogen and oxygen atoms in total. The topological polar surface area (TPSA) is 113 Å². The summed E-state index contributed by atoms with van der Waals surface area (Å²) in [4.78, 5) is 28.5. The van der Waals surface area contributed by atoms with Gasteiger partial charge in [-0.3, -0.25) is 4.79 Å². The number of carbonyl (C=O) groups is 2. The highest BCUT2D eigenvalue weighted by Crippen LogP contribution is 2.42. The van der Waals surface area contributed by atoms with E-state index in [1.165, 1.54) is 11.8 Å². The summed E-state index contributed by atoms with van der Waals surface area (Å²) >= 11 is 1.27. The Bertz CT molecular complexity index is 912. The van der Waals surface area contributed by atoms with Gasteiger partial charge in [0.1, 0.15) is 13.2 Å². The maximum absolute atomic E-state index is 12.1. The van der Waals surface area contributed by atoms with Crippen molar-refractivity contribution in [3.63, 3.8) is 0 Å². The number of ether oxygens (including phenoxy) is 1. The molecule has 27 heavy (non-hydrogen) atoms. The van der Waals surface area contributed by atoms with Crippen LogP contribution in [0.5, 0.6) is 0 Å². The van der Waals surface area contributed by atoms with Crippen molar-refractivity contribution in [1.82, 2.24) is 0 Å². The maximum atomic E-state index is 12.1. The number of benzene rings is 1. The molecule has 0 spiro atoms. The Morgan fingerprint density at radius 2 is 2.04 bits per heavy atom. The maximum Gasteiger partial charge on any atom is 0.329 e. The molecule has 1 amide bonds. The number of anilines is 1. The van der Waals surface area contributed by atoms with Crippen LogP contribution in [-0.2, 0) is 24.2 Å². The molecule has 2 fully saturated rings. The van der Waals surface area contributed by atoms with E-state index in [1.54, 1.807) is 0 Å². The second-order valence-corrected chi connectivity index (χ2v) is 9.92. The fraction of sp³-hybridized carbons (Fsp3) is 0.471. The van der Waals surface area contributed by atoms with E-state index in [-0.39, 0.29) is 22.8 Å². The molecular weight excluding hydrogens is 392 g/mol. The molecule has 2 atom stereocenters. The van der Waals surface area contributed by atoms with Gasteiger partial charge in [0.15, 0.2) is 15.0 Å². The Labute approximate surface area is 161 Å². The number of carbonyl (C=O) groups excluding carboxylic acids is 1. The highest BCUT2D eigenvalue weighted by atomic mass is 32.2. The summed E-state index contributed by atoms with van der Waals surface area (Å²) in [6.45, 7) is 2.90. The van der Waals surface area contributed by atoms with Crippen molar-refractivity contribution in [3.05, 3.63) is 29.3 Å². The molecule has 0 radical (unpaired) electrons. The van der Waals surface area contributed by atoms with Gasteiger partial charge in [0.25, 0.3) is 5.91 Å². The molecule has 0 aliphatic carbocycles. The van der Waals surface area contributed by atoms with Crippen LogP contribution in [0.1, 0.15) is 11.1 Å². The van der Waals surface area contributed by atoms with Gasteiger partial charge in [0, 0.05) is 10.9 Å². The lowest BCUT2D eigenvalue weighted by Gasteiger charge is -2.26. The molecule has 2 saturated heterocycles. The number of aryl methyl sites for hydroxylation is 1. The van der Waals surface area contributed by atoms with Crippen LogP contribution in [0.25, 0.3) is 0 Å². The first-order chi connectivity index (χ1) is 12.7. The number of aliphatic carboxylic acids is 1. The quantitative estimate of drug-likeness (QED) is 0.762. The first kappa shape index (κ1) is 19.8. The summed E-state index contributed by atoms with van der Waals surface area (Å²) in [5.74, 6) is -1.70. The third kappa shape index (κ3) is 4.33. The molecule has 10 heteroatoms. The average molecular weight is 412 g/mol. The number of hydrogen-bond donors (Lipinski definition) is 1. The van der Waals surface area contributed by atoms with Gasteiger partial charge in [-0.2, -0.15) is 4.99 Å². The zero-order chi connectivity index (χ0) is 19.8. The van der Waals surface area contributed by atoms with Gasteiger partial charge in [0.05, 0.1) is 17.5 Å². The minimum absolute atomic E-state index is 0.0147. The van der Waals surface area contributed by atoms with Crippen LogP contribution in [0.4, 0.5) is 5.69 Å². The number of amides is 1. The molecule has 3 rings (SSSR count). The highest BCUT2D eigenvalue weighted by Gasteiger charge is 2.49. The number of thioether (sulfide) groups is 1. The van der Waals surface area contributed by atoms with Crippen molar-refractivity contribution in [2.45, 2.75) is 25.1 Å². The van der Waals surface area contributed by atoms with E-state index in [9.17, 15) is 18.0 Å². The summed E-state index contributed by atoms with van der Waals surface area (Å²) in [6.07, 6.45) is 0. The molecule has 2 aliphatic rings. The fourth-order valence-electron chi connectivity index (χ4n) is 3.21. The SMILES string of the molecule is Cc1cccc(N2C(=NC(=O)COCC(=O)O)SC3CS(=O)(=O)CC32)c1C. The standard InChI is InChI=1S/C17H20N2O6S2/c1-10-4-3-5-12(11(10)2)19-13-8-27(23,24)9-14(13)26-17(19)18-15(20)6-25-7-16(21)22/h3-5,13-14H,6-9H2,1-2H3,(H,21,22). The van der Waals surface area contributed by atoms with E-state index in [0.29, 0.717) is 5.17 Å². The van der Waals surface area contributed by atoms with E-state index in [1.807, 2.05) is 36.9 Å². The summed E-state index contributed by atoms with van der Waals surface area (Å²) < 4.78 is 29.0. The molecule has 1 N–H and O–H groups in total. The van der Waals surface area contributed by atoms with E-state index >= 15 is 0 Å². The van der Waals surface area contributed by atoms with Crippen molar-refractivity contribution < 1.29 is 27.9 Å². The second-order valence-electron chi connectivity index (χ2n) is 6.56. The van der Waals surface area contributed by atoms with Gasteiger partial charge < -0.3 is 14.7 Å². The van der Waals surface area contributed by atoms with E-state index in [0.717, 1.165) is 16.8 Å². The van der Waals surface area contributed by atoms with Crippen LogP contribution in [0.3, 0.4) is 0 Å². The molecular formula is C17H20N2O6S2. The fourth-order valence-corrected chi connectivity index (χ4v) is 7.13. The van der Waals surface area contributed by atoms with Crippen LogP contribution in [0.15, 0.2) is 23.2 Å². The van der Waals surface area contributed by atoms with Crippen molar-refractivity contribution in [2.24, 2.45) is 4.99 Å². The third-order valence-electron chi connectivity index (χ3n) is 4.57. The Morgan fingerprint density at radius 1 is 1.30 bits per heavy atom. The Hall–Kier alpha value is -1.91. The van der Waals surface area contributed by atoms with Gasteiger partial charge in [0.2, 0.25) is 0 Å². The van der Waals surface area contributed by atoms with Crippen LogP contribution in [0.2, 0.25) is 0 Å². The number of carboxylic acid groups (broad SMARTS) is 1. The smallest absolute Gasteiger partial charge is 0.329 e. The number of nitrogens with zero attached hydrogens (tertiary/aromatic N) is 2. The summed E-state index contributed by atoms with van der Waals surface area (Å²) in [6, 6.07) is 5.45. The monoisotopic (exact) mass is 412 g/mol. The van der Waals surface area contributed by atoms with Crippen molar-refractivity contribution in [2.75, 3.05) is 29.6 Å². The van der Waals surface area contributed by atoms with Crippen LogP contribution >= 0.6 is 11.8 Å². The first-order valence-electron chi connectivity index (χ1n) is 8.31. The number of aliphatic imine (C=N–C) groups is 1. The number of carboxylic acids is 1. The van der Waals surface area contributed by atoms with Crippen molar-refractivity contribution >= 4 is 44.3 Å². The Morgan fingerprint density at radius 3 is 2.74 bits per heavy atom. The van der Waals surface area contributed by atoms with Crippen molar-refractivity contribution in [1.29, 1.82) is 0 Å². The van der Waals surface area contributed by atoms with E-state index < -0.39 is 34.9 Å². The van der Waals surface area contributed by atoms with Gasteiger partial charge in [-0.05, 0) is 31.0 Å². The molecule has 0 aromatic heterocycles.